The molecule has 2 aromatic carbocycles. The second-order valence-electron chi connectivity index (χ2n) is 7.21. The molecule has 0 bridgehead atoms. The smallest absolute Gasteiger partial charge is 0.325 e. The first-order valence-corrected chi connectivity index (χ1v) is 12.0. The predicted octanol–water partition coefficient (Wildman–Crippen LogP) is 5.00. The van der Waals surface area contributed by atoms with Gasteiger partial charge in [0.1, 0.15) is 15.5 Å². The number of carboxylic acids is 1. The van der Waals surface area contributed by atoms with Crippen molar-refractivity contribution >= 4 is 38.9 Å². The Labute approximate surface area is 190 Å². The molecular formula is C22H22ClNO5S2. The monoisotopic (exact) mass is 479 g/mol. The zero-order valence-electron chi connectivity index (χ0n) is 17.1. The predicted molar refractivity (Wildman–Crippen MR) is 123 cm³/mol. The number of thiophene rings is 1. The van der Waals surface area contributed by atoms with E-state index in [1.165, 1.54) is 20.1 Å². The van der Waals surface area contributed by atoms with Crippen molar-refractivity contribution in [3.05, 3.63) is 71.2 Å². The lowest BCUT2D eigenvalue weighted by atomic mass is 9.83. The molecule has 3 rings (SSSR count). The molecule has 0 aliphatic carbocycles. The number of aliphatic carboxylic acids is 1. The van der Waals surface area contributed by atoms with Crippen LogP contribution < -0.4 is 9.46 Å². The van der Waals surface area contributed by atoms with Gasteiger partial charge in [-0.15, -0.1) is 11.3 Å². The van der Waals surface area contributed by atoms with E-state index in [1.54, 1.807) is 55.5 Å². The number of nitrogens with one attached hydrogen (secondary N) is 1. The van der Waals surface area contributed by atoms with Gasteiger partial charge in [-0.25, -0.2) is 8.42 Å². The number of rotatable bonds is 8. The van der Waals surface area contributed by atoms with E-state index in [9.17, 15) is 18.3 Å². The third kappa shape index (κ3) is 4.77. The summed E-state index contributed by atoms with van der Waals surface area (Å²) < 4.78 is 33.8. The Hall–Kier alpha value is -2.39. The zero-order valence-corrected chi connectivity index (χ0v) is 19.5. The molecule has 3 aromatic rings. The summed E-state index contributed by atoms with van der Waals surface area (Å²) in [5.74, 6) is -1.35. The molecule has 0 saturated heterocycles. The summed E-state index contributed by atoms with van der Waals surface area (Å²) in [6, 6.07) is 17.2. The molecule has 1 heterocycles. The topological polar surface area (TPSA) is 92.7 Å². The third-order valence-electron chi connectivity index (χ3n) is 5.24. The molecular weight excluding hydrogens is 458 g/mol. The number of hydrogen-bond donors (Lipinski definition) is 2. The highest BCUT2D eigenvalue weighted by molar-refractivity contribution is 7.91. The largest absolute Gasteiger partial charge is 0.495 e. The van der Waals surface area contributed by atoms with Crippen molar-refractivity contribution in [2.24, 2.45) is 0 Å². The van der Waals surface area contributed by atoms with Crippen LogP contribution in [-0.2, 0) is 14.8 Å². The maximum atomic E-state index is 13.1. The van der Waals surface area contributed by atoms with Crippen molar-refractivity contribution in [3.8, 4) is 16.2 Å². The van der Waals surface area contributed by atoms with Crippen LogP contribution in [0.3, 0.4) is 0 Å². The number of carbonyl (C=O) groups is 1. The molecule has 6 nitrogen and oxygen atoms in total. The normalized spacial score (nSPS) is 14.6. The first-order chi connectivity index (χ1) is 14.6. The summed E-state index contributed by atoms with van der Waals surface area (Å²) in [7, 11) is -2.58. The van der Waals surface area contributed by atoms with Crippen molar-refractivity contribution in [2.45, 2.75) is 29.5 Å². The zero-order chi connectivity index (χ0) is 22.8. The van der Waals surface area contributed by atoms with Gasteiger partial charge in [0.2, 0.25) is 0 Å². The quantitative estimate of drug-likeness (QED) is 0.474. The highest BCUT2D eigenvalue weighted by Crippen LogP contribution is 2.36. The number of ether oxygens (including phenoxy) is 1. The Morgan fingerprint density at radius 1 is 1.16 bits per heavy atom. The Kier molecular flexibility index (Phi) is 6.76. The van der Waals surface area contributed by atoms with Gasteiger partial charge in [0.05, 0.1) is 12.1 Å². The minimum atomic E-state index is -4.10. The van der Waals surface area contributed by atoms with Gasteiger partial charge in [0.25, 0.3) is 10.0 Å². The first kappa shape index (κ1) is 23.3. The van der Waals surface area contributed by atoms with Crippen molar-refractivity contribution in [2.75, 3.05) is 7.11 Å². The molecule has 9 heteroatoms. The number of hydrogen-bond acceptors (Lipinski definition) is 5. The Morgan fingerprint density at radius 3 is 2.42 bits per heavy atom. The Bertz CT molecular complexity index is 1190. The Morgan fingerprint density at radius 2 is 1.84 bits per heavy atom. The number of benzene rings is 2. The van der Waals surface area contributed by atoms with Crippen molar-refractivity contribution in [1.29, 1.82) is 0 Å². The van der Waals surface area contributed by atoms with Gasteiger partial charge in [-0.2, -0.15) is 4.72 Å². The second-order valence-corrected chi connectivity index (χ2v) is 10.6. The lowest BCUT2D eigenvalue weighted by Gasteiger charge is -2.32. The minimum absolute atomic E-state index is 0.0159. The minimum Gasteiger partial charge on any atom is -0.495 e. The van der Waals surface area contributed by atoms with Crippen LogP contribution in [0.15, 0.2) is 64.9 Å². The number of sulfonamides is 1. The molecule has 0 aliphatic heterocycles. The summed E-state index contributed by atoms with van der Waals surface area (Å²) in [4.78, 5) is 12.8. The fourth-order valence-corrected chi connectivity index (χ4v) is 6.16. The lowest BCUT2D eigenvalue weighted by molar-refractivity contribution is -0.144. The molecule has 0 aliphatic rings. The standard InChI is InChI=1S/C22H22ClNO5S2/c1-14(15-7-5-4-6-8-15)22(2,21(25)26)24-31(27,28)20-12-11-19(30-20)16-9-10-18(29-3)17(23)13-16/h4-14,24H,1-3H3,(H,25,26)/t14?,22-/m0/s1. The van der Waals surface area contributed by atoms with Crippen LogP contribution in [0.4, 0.5) is 0 Å². The van der Waals surface area contributed by atoms with Crippen LogP contribution in [0, 0.1) is 0 Å². The summed E-state index contributed by atoms with van der Waals surface area (Å²) in [6.45, 7) is 3.06. The number of halogens is 1. The molecule has 2 N–H and O–H groups in total. The number of methoxy groups -OCH3 is 1. The molecule has 1 aromatic heterocycles. The van der Waals surface area contributed by atoms with Gasteiger partial charge >= 0.3 is 5.97 Å². The molecule has 0 radical (unpaired) electrons. The van der Waals surface area contributed by atoms with E-state index < -0.39 is 27.4 Å². The van der Waals surface area contributed by atoms with Crippen LogP contribution >= 0.6 is 22.9 Å². The molecule has 1 unspecified atom stereocenters. The fourth-order valence-electron chi connectivity index (χ4n) is 3.16. The van der Waals surface area contributed by atoms with Gasteiger partial charge in [-0.3, -0.25) is 4.79 Å². The fraction of sp³-hybridized carbons (Fsp3) is 0.227. The van der Waals surface area contributed by atoms with Crippen molar-refractivity contribution in [1.82, 2.24) is 4.72 Å². The molecule has 2 atom stereocenters. The maximum absolute atomic E-state index is 13.1. The van der Waals surface area contributed by atoms with Crippen LogP contribution in [0.25, 0.3) is 10.4 Å². The van der Waals surface area contributed by atoms with Gasteiger partial charge in [0, 0.05) is 10.8 Å². The van der Waals surface area contributed by atoms with Gasteiger partial charge in [-0.1, -0.05) is 48.9 Å². The number of carboxylic acid groups (broad SMARTS) is 1. The van der Waals surface area contributed by atoms with E-state index in [4.69, 9.17) is 16.3 Å². The maximum Gasteiger partial charge on any atom is 0.325 e. The molecule has 0 amide bonds. The Balaban J connectivity index is 1.92. The van der Waals surface area contributed by atoms with Crippen molar-refractivity contribution in [3.63, 3.8) is 0 Å². The van der Waals surface area contributed by atoms with Gasteiger partial charge in [0.15, 0.2) is 0 Å². The summed E-state index contributed by atoms with van der Waals surface area (Å²) in [5.41, 5.74) is -0.293. The SMILES string of the molecule is COc1ccc(-c2ccc(S(=O)(=O)N[C@](C)(C(=O)O)C(C)c3ccccc3)s2)cc1Cl. The molecule has 0 saturated carbocycles. The van der Waals surface area contributed by atoms with Crippen LogP contribution in [0.2, 0.25) is 5.02 Å². The summed E-state index contributed by atoms with van der Waals surface area (Å²) in [5, 5.41) is 10.3. The summed E-state index contributed by atoms with van der Waals surface area (Å²) in [6.07, 6.45) is 0. The third-order valence-corrected chi connectivity index (χ3v) is 8.73. The average Bonchev–Trinajstić information content (AvgIpc) is 3.24. The van der Waals surface area contributed by atoms with E-state index >= 15 is 0 Å². The molecule has 164 valence electrons. The first-order valence-electron chi connectivity index (χ1n) is 9.34. The van der Waals surface area contributed by atoms with E-state index in [2.05, 4.69) is 4.72 Å². The van der Waals surface area contributed by atoms with E-state index in [1.807, 2.05) is 6.07 Å². The molecule has 31 heavy (non-hydrogen) atoms. The average molecular weight is 480 g/mol. The van der Waals surface area contributed by atoms with E-state index in [0.717, 1.165) is 22.5 Å². The van der Waals surface area contributed by atoms with Crippen LogP contribution in [0.5, 0.6) is 5.75 Å². The van der Waals surface area contributed by atoms with E-state index in [0.29, 0.717) is 15.6 Å². The molecule has 0 fully saturated rings. The lowest BCUT2D eigenvalue weighted by Crippen LogP contribution is -2.55. The van der Waals surface area contributed by atoms with Crippen LogP contribution in [-0.4, -0.2) is 32.1 Å². The van der Waals surface area contributed by atoms with Crippen molar-refractivity contribution < 1.29 is 23.1 Å². The second kappa shape index (κ2) is 9.00. The van der Waals surface area contributed by atoms with Gasteiger partial charge < -0.3 is 9.84 Å². The highest BCUT2D eigenvalue weighted by atomic mass is 35.5. The van der Waals surface area contributed by atoms with Crippen LogP contribution in [0.1, 0.15) is 25.3 Å². The molecule has 0 spiro atoms. The highest BCUT2D eigenvalue weighted by Gasteiger charge is 2.43. The summed E-state index contributed by atoms with van der Waals surface area (Å²) >= 11 is 7.21. The van der Waals surface area contributed by atoms with E-state index in [-0.39, 0.29) is 4.21 Å². The van der Waals surface area contributed by atoms with Gasteiger partial charge in [-0.05, 0) is 48.4 Å².